The Morgan fingerprint density at radius 3 is 2.58 bits per heavy atom. The highest BCUT2D eigenvalue weighted by atomic mass is 16.5. The van der Waals surface area contributed by atoms with E-state index < -0.39 is 5.91 Å². The Morgan fingerprint density at radius 1 is 1.19 bits per heavy atom. The number of rotatable bonds is 6. The molecule has 0 saturated heterocycles. The van der Waals surface area contributed by atoms with Crippen LogP contribution in [0.4, 0.5) is 0 Å². The van der Waals surface area contributed by atoms with Crippen LogP contribution in [0.1, 0.15) is 43.4 Å². The predicted octanol–water partition coefficient (Wildman–Crippen LogP) is 3.45. The first-order chi connectivity index (χ1) is 12.3. The summed E-state index contributed by atoms with van der Waals surface area (Å²) in [5.74, 6) is 0.408. The van der Waals surface area contributed by atoms with Gasteiger partial charge in [0.25, 0.3) is 5.91 Å². The molecule has 0 fully saturated rings. The Labute approximate surface area is 153 Å². The fourth-order valence-electron chi connectivity index (χ4n) is 2.45. The van der Waals surface area contributed by atoms with Crippen molar-refractivity contribution < 1.29 is 19.7 Å². The molecule has 0 atom stereocenters. The van der Waals surface area contributed by atoms with Crippen LogP contribution in [0.15, 0.2) is 41.5 Å². The van der Waals surface area contributed by atoms with Crippen LogP contribution in [0.2, 0.25) is 0 Å². The van der Waals surface area contributed by atoms with Crippen molar-refractivity contribution in [1.29, 1.82) is 0 Å². The number of nitrogens with zero attached hydrogens (tertiary/aromatic N) is 1. The van der Waals surface area contributed by atoms with Gasteiger partial charge in [0.2, 0.25) is 0 Å². The third-order valence-corrected chi connectivity index (χ3v) is 3.87. The second kappa shape index (κ2) is 8.38. The van der Waals surface area contributed by atoms with Crippen molar-refractivity contribution in [2.45, 2.75) is 33.6 Å². The van der Waals surface area contributed by atoms with Gasteiger partial charge in [-0.2, -0.15) is 5.10 Å². The lowest BCUT2D eigenvalue weighted by atomic mass is 10.0. The summed E-state index contributed by atoms with van der Waals surface area (Å²) in [6.07, 6.45) is 0. The number of benzene rings is 2. The van der Waals surface area contributed by atoms with Gasteiger partial charge < -0.3 is 14.9 Å². The summed E-state index contributed by atoms with van der Waals surface area (Å²) < 4.78 is 5.65. The maximum Gasteiger partial charge on any atom is 0.277 e. The molecule has 0 aromatic heterocycles. The summed E-state index contributed by atoms with van der Waals surface area (Å²) >= 11 is 0. The third-order valence-electron chi connectivity index (χ3n) is 3.87. The number of phenolic OH excluding ortho intramolecular Hbond substituents is 2. The molecule has 1 amide bonds. The van der Waals surface area contributed by atoms with Gasteiger partial charge in [0.1, 0.15) is 17.2 Å². The highest BCUT2D eigenvalue weighted by Gasteiger charge is 2.11. The average Bonchev–Trinajstić information content (AvgIpc) is 2.57. The summed E-state index contributed by atoms with van der Waals surface area (Å²) in [5, 5.41) is 23.1. The van der Waals surface area contributed by atoms with E-state index in [1.807, 2.05) is 25.1 Å². The standard InChI is InChI=1S/C20H24N2O4/c1-12(2)16-7-5-13(3)9-19(16)26-11-20(25)22-21-14(4)17-8-6-15(23)10-18(17)24/h5-10,12,23-24H,11H2,1-4H3,(H,22,25)/b21-14+. The minimum atomic E-state index is -0.404. The highest BCUT2D eigenvalue weighted by Crippen LogP contribution is 2.27. The number of aromatic hydroxyl groups is 2. The molecule has 138 valence electrons. The molecule has 26 heavy (non-hydrogen) atoms. The van der Waals surface area contributed by atoms with Crippen molar-refractivity contribution in [1.82, 2.24) is 5.43 Å². The van der Waals surface area contributed by atoms with E-state index in [0.29, 0.717) is 17.0 Å². The van der Waals surface area contributed by atoms with E-state index in [1.54, 1.807) is 6.92 Å². The number of hydrogen-bond acceptors (Lipinski definition) is 5. The van der Waals surface area contributed by atoms with Gasteiger partial charge in [0.15, 0.2) is 6.61 Å². The van der Waals surface area contributed by atoms with E-state index in [4.69, 9.17) is 4.74 Å². The molecule has 6 heteroatoms. The summed E-state index contributed by atoms with van der Waals surface area (Å²) in [5.41, 5.74) is 5.34. The number of amides is 1. The van der Waals surface area contributed by atoms with Crippen molar-refractivity contribution >= 4 is 11.6 Å². The van der Waals surface area contributed by atoms with E-state index in [0.717, 1.165) is 11.1 Å². The van der Waals surface area contributed by atoms with Gasteiger partial charge in [0, 0.05) is 11.6 Å². The zero-order chi connectivity index (χ0) is 19.3. The van der Waals surface area contributed by atoms with Crippen LogP contribution in [0, 0.1) is 6.92 Å². The normalized spacial score (nSPS) is 11.5. The van der Waals surface area contributed by atoms with Crippen molar-refractivity contribution in [2.75, 3.05) is 6.61 Å². The van der Waals surface area contributed by atoms with Crippen LogP contribution in [-0.2, 0) is 4.79 Å². The molecule has 0 saturated carbocycles. The average molecular weight is 356 g/mol. The van der Waals surface area contributed by atoms with Crippen molar-refractivity contribution in [2.24, 2.45) is 5.10 Å². The molecule has 2 aromatic rings. The van der Waals surface area contributed by atoms with Gasteiger partial charge in [-0.3, -0.25) is 4.79 Å². The highest BCUT2D eigenvalue weighted by molar-refractivity contribution is 6.01. The van der Waals surface area contributed by atoms with Gasteiger partial charge >= 0.3 is 0 Å². The number of ether oxygens (including phenoxy) is 1. The van der Waals surface area contributed by atoms with Crippen molar-refractivity contribution in [3.8, 4) is 17.2 Å². The molecule has 0 aliphatic heterocycles. The van der Waals surface area contributed by atoms with E-state index in [1.165, 1.54) is 18.2 Å². The second-order valence-electron chi connectivity index (χ2n) is 6.42. The zero-order valence-corrected chi connectivity index (χ0v) is 15.4. The van der Waals surface area contributed by atoms with E-state index in [9.17, 15) is 15.0 Å². The van der Waals surface area contributed by atoms with Crippen LogP contribution in [0.3, 0.4) is 0 Å². The van der Waals surface area contributed by atoms with Crippen LogP contribution in [-0.4, -0.2) is 28.4 Å². The third kappa shape index (κ3) is 4.99. The Kier molecular flexibility index (Phi) is 6.22. The fourth-order valence-corrected chi connectivity index (χ4v) is 2.45. The monoisotopic (exact) mass is 356 g/mol. The minimum absolute atomic E-state index is 0.0457. The Balaban J connectivity index is 2.00. The SMILES string of the molecule is C/C(=N\NC(=O)COc1cc(C)ccc1C(C)C)c1ccc(O)cc1O. The topological polar surface area (TPSA) is 91.2 Å². The number of carbonyl (C=O) groups excluding carboxylic acids is 1. The first-order valence-electron chi connectivity index (χ1n) is 8.36. The molecule has 0 radical (unpaired) electrons. The summed E-state index contributed by atoms with van der Waals surface area (Å²) in [6.45, 7) is 7.58. The lowest BCUT2D eigenvalue weighted by Crippen LogP contribution is -2.26. The van der Waals surface area contributed by atoms with E-state index in [-0.39, 0.29) is 24.0 Å². The molecule has 2 rings (SSSR count). The molecule has 0 bridgehead atoms. The zero-order valence-electron chi connectivity index (χ0n) is 15.4. The molecule has 0 heterocycles. The maximum absolute atomic E-state index is 12.0. The number of hydrogen-bond donors (Lipinski definition) is 3. The van der Waals surface area contributed by atoms with Gasteiger partial charge in [0.05, 0.1) is 5.71 Å². The van der Waals surface area contributed by atoms with Crippen LogP contribution >= 0.6 is 0 Å². The molecule has 0 aliphatic rings. The first kappa shape index (κ1) is 19.3. The smallest absolute Gasteiger partial charge is 0.277 e. The Hall–Kier alpha value is -3.02. The quantitative estimate of drug-likeness (QED) is 0.546. The number of phenols is 2. The molecular formula is C20H24N2O4. The minimum Gasteiger partial charge on any atom is -0.508 e. The predicted molar refractivity (Wildman–Crippen MR) is 101 cm³/mol. The van der Waals surface area contributed by atoms with Crippen LogP contribution < -0.4 is 10.2 Å². The fraction of sp³-hybridized carbons (Fsp3) is 0.300. The van der Waals surface area contributed by atoms with E-state index in [2.05, 4.69) is 24.4 Å². The van der Waals surface area contributed by atoms with Gasteiger partial charge in [-0.05, 0) is 49.1 Å². The van der Waals surface area contributed by atoms with Crippen LogP contribution in [0.25, 0.3) is 0 Å². The Bertz CT molecular complexity index is 829. The van der Waals surface area contributed by atoms with Gasteiger partial charge in [-0.1, -0.05) is 26.0 Å². The number of carbonyl (C=O) groups is 1. The molecule has 2 aromatic carbocycles. The summed E-state index contributed by atoms with van der Waals surface area (Å²) in [4.78, 5) is 12.0. The van der Waals surface area contributed by atoms with E-state index >= 15 is 0 Å². The van der Waals surface area contributed by atoms with Gasteiger partial charge in [-0.15, -0.1) is 0 Å². The number of aryl methyl sites for hydroxylation is 1. The Morgan fingerprint density at radius 2 is 1.92 bits per heavy atom. The van der Waals surface area contributed by atoms with Crippen molar-refractivity contribution in [3.05, 3.63) is 53.1 Å². The molecule has 0 unspecified atom stereocenters. The summed E-state index contributed by atoms with van der Waals surface area (Å²) in [7, 11) is 0. The lowest BCUT2D eigenvalue weighted by molar-refractivity contribution is -0.123. The lowest BCUT2D eigenvalue weighted by Gasteiger charge is -2.14. The second-order valence-corrected chi connectivity index (χ2v) is 6.42. The molecule has 0 aliphatic carbocycles. The molecule has 3 N–H and O–H groups in total. The largest absolute Gasteiger partial charge is 0.508 e. The first-order valence-corrected chi connectivity index (χ1v) is 8.36. The summed E-state index contributed by atoms with van der Waals surface area (Å²) in [6, 6.07) is 10.1. The maximum atomic E-state index is 12.0. The molecule has 6 nitrogen and oxygen atoms in total. The molecule has 0 spiro atoms. The van der Waals surface area contributed by atoms with Gasteiger partial charge in [-0.25, -0.2) is 5.43 Å². The number of hydrazone groups is 1. The van der Waals surface area contributed by atoms with Crippen LogP contribution in [0.5, 0.6) is 17.2 Å². The molecular weight excluding hydrogens is 332 g/mol. The number of nitrogens with one attached hydrogen (secondary N) is 1. The van der Waals surface area contributed by atoms with Crippen molar-refractivity contribution in [3.63, 3.8) is 0 Å².